The maximum absolute atomic E-state index is 13.7. The number of methoxy groups -OCH3 is 1. The third kappa shape index (κ3) is 5.94. The zero-order valence-corrected chi connectivity index (χ0v) is 17.2. The smallest absolute Gasteiger partial charge is 0.193 e. The van der Waals surface area contributed by atoms with Crippen molar-refractivity contribution in [1.29, 1.82) is 0 Å². The number of aliphatic imine (C=N–C) groups is 1. The molecule has 24 heavy (non-hydrogen) atoms. The lowest BCUT2D eigenvalue weighted by molar-refractivity contribution is 0.386. The molecular formula is C17H23FIN3OS. The molecule has 132 valence electrons. The number of hydrogen-bond acceptors (Lipinski definition) is 3. The van der Waals surface area contributed by atoms with Gasteiger partial charge >= 0.3 is 0 Å². The first-order valence-electron chi connectivity index (χ1n) is 7.40. The highest BCUT2D eigenvalue weighted by Crippen LogP contribution is 2.17. The zero-order chi connectivity index (χ0) is 16.7. The number of nitrogens with zero attached hydrogens (tertiary/aromatic N) is 2. The van der Waals surface area contributed by atoms with E-state index in [1.54, 1.807) is 24.5 Å². The van der Waals surface area contributed by atoms with Gasteiger partial charge in [0.15, 0.2) is 17.5 Å². The number of ether oxygens (including phenoxy) is 1. The molecule has 0 amide bonds. The highest BCUT2D eigenvalue weighted by Gasteiger charge is 2.08. The van der Waals surface area contributed by atoms with Crippen molar-refractivity contribution in [1.82, 2.24) is 10.2 Å². The summed E-state index contributed by atoms with van der Waals surface area (Å²) in [5.41, 5.74) is 0.844. The zero-order valence-electron chi connectivity index (χ0n) is 14.1. The lowest BCUT2D eigenvalue weighted by Gasteiger charge is -2.22. The van der Waals surface area contributed by atoms with E-state index in [1.165, 1.54) is 18.1 Å². The Hall–Kier alpha value is -1.35. The Morgan fingerprint density at radius 3 is 2.75 bits per heavy atom. The summed E-state index contributed by atoms with van der Waals surface area (Å²) in [4.78, 5) is 7.70. The molecule has 0 fully saturated rings. The number of thiophene rings is 1. The molecule has 0 aliphatic rings. The summed E-state index contributed by atoms with van der Waals surface area (Å²) in [6.07, 6.45) is 0.978. The second kappa shape index (κ2) is 10.5. The van der Waals surface area contributed by atoms with E-state index in [1.807, 2.05) is 13.1 Å². The Morgan fingerprint density at radius 2 is 2.17 bits per heavy atom. The van der Waals surface area contributed by atoms with Gasteiger partial charge in [0, 0.05) is 32.1 Å². The predicted octanol–water partition coefficient (Wildman–Crippen LogP) is 3.76. The first kappa shape index (κ1) is 20.7. The molecular weight excluding hydrogens is 440 g/mol. The van der Waals surface area contributed by atoms with Crippen LogP contribution in [0, 0.1) is 5.82 Å². The number of nitrogens with one attached hydrogen (secondary N) is 1. The minimum absolute atomic E-state index is 0. The number of rotatable bonds is 6. The monoisotopic (exact) mass is 463 g/mol. The molecule has 1 aromatic carbocycles. The second-order valence-electron chi connectivity index (χ2n) is 5.12. The summed E-state index contributed by atoms with van der Waals surface area (Å²) < 4.78 is 18.6. The Morgan fingerprint density at radius 1 is 1.38 bits per heavy atom. The van der Waals surface area contributed by atoms with Crippen molar-refractivity contribution in [2.24, 2.45) is 4.99 Å². The third-order valence-electron chi connectivity index (χ3n) is 3.51. The molecule has 1 aromatic heterocycles. The fourth-order valence-corrected chi connectivity index (χ4v) is 2.92. The van der Waals surface area contributed by atoms with Gasteiger partial charge in [0.25, 0.3) is 0 Å². The van der Waals surface area contributed by atoms with E-state index in [0.29, 0.717) is 6.54 Å². The molecule has 1 N–H and O–H groups in total. The van der Waals surface area contributed by atoms with Crippen LogP contribution in [0.25, 0.3) is 0 Å². The van der Waals surface area contributed by atoms with Crippen LogP contribution in [0.4, 0.5) is 4.39 Å². The maximum atomic E-state index is 13.7. The minimum atomic E-state index is -0.354. The molecule has 0 radical (unpaired) electrons. The van der Waals surface area contributed by atoms with Crippen LogP contribution in [0.5, 0.6) is 5.75 Å². The Labute approximate surface area is 163 Å². The molecule has 0 aliphatic carbocycles. The fraction of sp³-hybridized carbons (Fsp3) is 0.353. The van der Waals surface area contributed by atoms with E-state index < -0.39 is 0 Å². The average Bonchev–Trinajstić information content (AvgIpc) is 3.07. The normalized spacial score (nSPS) is 10.9. The average molecular weight is 463 g/mol. The molecule has 0 bridgehead atoms. The number of halogens is 2. The first-order valence-corrected chi connectivity index (χ1v) is 8.28. The maximum Gasteiger partial charge on any atom is 0.193 e. The molecule has 7 heteroatoms. The van der Waals surface area contributed by atoms with Gasteiger partial charge in [-0.05, 0) is 35.6 Å². The van der Waals surface area contributed by atoms with Crippen molar-refractivity contribution < 1.29 is 9.13 Å². The molecule has 2 aromatic rings. The van der Waals surface area contributed by atoms with Crippen molar-refractivity contribution in [3.8, 4) is 5.75 Å². The van der Waals surface area contributed by atoms with Gasteiger partial charge in [0.1, 0.15) is 0 Å². The molecule has 1 heterocycles. The van der Waals surface area contributed by atoms with Crippen LogP contribution in [0.15, 0.2) is 40.7 Å². The van der Waals surface area contributed by atoms with Crippen LogP contribution in [0.2, 0.25) is 0 Å². The number of likely N-dealkylation sites (N-methyl/N-ethyl adjacent to an activating group) is 1. The molecule has 0 spiro atoms. The van der Waals surface area contributed by atoms with Gasteiger partial charge < -0.3 is 15.0 Å². The Bertz CT molecular complexity index is 649. The van der Waals surface area contributed by atoms with Crippen molar-refractivity contribution in [2.45, 2.75) is 13.0 Å². The first-order chi connectivity index (χ1) is 11.1. The quantitative estimate of drug-likeness (QED) is 0.403. The Balaban J connectivity index is 0.00000288. The van der Waals surface area contributed by atoms with Crippen molar-refractivity contribution in [3.63, 3.8) is 0 Å². The second-order valence-corrected chi connectivity index (χ2v) is 6.15. The molecule has 0 atom stereocenters. The summed E-state index contributed by atoms with van der Waals surface area (Å²) in [5, 5.41) is 5.34. The summed E-state index contributed by atoms with van der Waals surface area (Å²) in [5.74, 6) is 0.691. The largest absolute Gasteiger partial charge is 0.494 e. The third-order valence-corrected chi connectivity index (χ3v) is 4.45. The summed E-state index contributed by atoms with van der Waals surface area (Å²) in [6.45, 7) is 1.38. The van der Waals surface area contributed by atoms with Gasteiger partial charge in [-0.3, -0.25) is 4.99 Å². The summed E-state index contributed by atoms with van der Waals surface area (Å²) in [6, 6.07) is 9.15. The fourth-order valence-electron chi connectivity index (χ4n) is 2.22. The van der Waals surface area contributed by atoms with Crippen molar-refractivity contribution in [2.75, 3.05) is 27.7 Å². The summed E-state index contributed by atoms with van der Waals surface area (Å²) in [7, 11) is 5.21. The number of benzene rings is 1. The lowest BCUT2D eigenvalue weighted by atomic mass is 10.2. The van der Waals surface area contributed by atoms with E-state index in [-0.39, 0.29) is 35.5 Å². The molecule has 0 aliphatic heterocycles. The van der Waals surface area contributed by atoms with E-state index in [2.05, 4.69) is 32.7 Å². The molecule has 2 rings (SSSR count). The van der Waals surface area contributed by atoms with Crippen LogP contribution in [-0.4, -0.2) is 38.6 Å². The molecule has 0 saturated carbocycles. The minimum Gasteiger partial charge on any atom is -0.494 e. The van der Waals surface area contributed by atoms with Gasteiger partial charge in [-0.15, -0.1) is 35.3 Å². The molecule has 4 nitrogen and oxygen atoms in total. The lowest BCUT2D eigenvalue weighted by Crippen LogP contribution is -2.39. The van der Waals surface area contributed by atoms with Gasteiger partial charge in [-0.2, -0.15) is 0 Å². The number of guanidine groups is 1. The highest BCUT2D eigenvalue weighted by atomic mass is 127. The van der Waals surface area contributed by atoms with E-state index in [9.17, 15) is 4.39 Å². The van der Waals surface area contributed by atoms with E-state index in [4.69, 9.17) is 4.74 Å². The van der Waals surface area contributed by atoms with Gasteiger partial charge in [-0.1, -0.05) is 12.1 Å². The summed E-state index contributed by atoms with van der Waals surface area (Å²) >= 11 is 1.76. The van der Waals surface area contributed by atoms with Crippen LogP contribution < -0.4 is 10.1 Å². The van der Waals surface area contributed by atoms with Crippen LogP contribution in [0.1, 0.15) is 10.4 Å². The van der Waals surface area contributed by atoms with E-state index in [0.717, 1.165) is 24.5 Å². The van der Waals surface area contributed by atoms with Gasteiger partial charge in [0.2, 0.25) is 0 Å². The van der Waals surface area contributed by atoms with Gasteiger partial charge in [0.05, 0.1) is 7.11 Å². The standard InChI is InChI=1S/C17H22FN3OS.HI/c1-19-17(21(2)9-8-14-5-4-10-23-14)20-12-13-6-7-16(22-3)15(18)11-13;/h4-7,10-11H,8-9,12H2,1-3H3,(H,19,20);1H. The highest BCUT2D eigenvalue weighted by molar-refractivity contribution is 14.0. The van der Waals surface area contributed by atoms with Crippen LogP contribution >= 0.6 is 35.3 Å². The van der Waals surface area contributed by atoms with Crippen LogP contribution in [0.3, 0.4) is 0 Å². The Kier molecular flexibility index (Phi) is 9.05. The van der Waals surface area contributed by atoms with Crippen molar-refractivity contribution >= 4 is 41.3 Å². The predicted molar refractivity (Wildman–Crippen MR) is 109 cm³/mol. The van der Waals surface area contributed by atoms with Crippen LogP contribution in [-0.2, 0) is 13.0 Å². The van der Waals surface area contributed by atoms with Crippen molar-refractivity contribution in [3.05, 3.63) is 52.0 Å². The SMILES string of the molecule is CN=C(NCc1ccc(OC)c(F)c1)N(C)CCc1cccs1.I. The van der Waals surface area contributed by atoms with Gasteiger partial charge in [-0.25, -0.2) is 4.39 Å². The molecule has 0 saturated heterocycles. The topological polar surface area (TPSA) is 36.9 Å². The molecule has 0 unspecified atom stereocenters. The van der Waals surface area contributed by atoms with E-state index >= 15 is 0 Å². The number of hydrogen-bond donors (Lipinski definition) is 1.